The van der Waals surface area contributed by atoms with E-state index in [2.05, 4.69) is 4.90 Å². The molecule has 0 spiro atoms. The van der Waals surface area contributed by atoms with Gasteiger partial charge in [-0.2, -0.15) is 13.2 Å². The molecule has 0 bridgehead atoms. The lowest BCUT2D eigenvalue weighted by Gasteiger charge is -2.38. The van der Waals surface area contributed by atoms with E-state index in [4.69, 9.17) is 17.3 Å². The summed E-state index contributed by atoms with van der Waals surface area (Å²) in [5.74, 6) is 0. The number of nitrogens with two attached hydrogens (primary N) is 1. The standard InChI is InChI=1S/C12H17ClF3N3S/c13-9-5-11(20-7-9)10(6-17)19-3-1-18(2-4-19)8-12(14,15)16/h5,7,10H,1-4,6,8,17H2. The largest absolute Gasteiger partial charge is 0.401 e. The highest BCUT2D eigenvalue weighted by atomic mass is 35.5. The van der Waals surface area contributed by atoms with E-state index >= 15 is 0 Å². The van der Waals surface area contributed by atoms with E-state index in [1.54, 1.807) is 0 Å². The third kappa shape index (κ3) is 4.33. The average molecular weight is 328 g/mol. The Morgan fingerprint density at radius 1 is 1.30 bits per heavy atom. The Bertz CT molecular complexity index is 430. The molecular formula is C12H17ClF3N3S. The summed E-state index contributed by atoms with van der Waals surface area (Å²) < 4.78 is 37.0. The molecule has 1 fully saturated rings. The summed E-state index contributed by atoms with van der Waals surface area (Å²) in [5.41, 5.74) is 5.81. The number of alkyl halides is 3. The van der Waals surface area contributed by atoms with Crippen LogP contribution < -0.4 is 5.73 Å². The fraction of sp³-hybridized carbons (Fsp3) is 0.667. The zero-order valence-electron chi connectivity index (χ0n) is 10.9. The molecule has 114 valence electrons. The Balaban J connectivity index is 1.92. The number of piperazine rings is 1. The Hall–Kier alpha value is -0.340. The minimum absolute atomic E-state index is 0.0422. The lowest BCUT2D eigenvalue weighted by molar-refractivity contribution is -0.149. The molecule has 2 heterocycles. The van der Waals surface area contributed by atoms with Gasteiger partial charge in [-0.25, -0.2) is 0 Å². The first kappa shape index (κ1) is 16.0. The van der Waals surface area contributed by atoms with Crippen LogP contribution in [0.25, 0.3) is 0 Å². The van der Waals surface area contributed by atoms with E-state index in [0.29, 0.717) is 37.7 Å². The van der Waals surface area contributed by atoms with Crippen molar-refractivity contribution in [1.29, 1.82) is 0 Å². The number of halogens is 4. The lowest BCUT2D eigenvalue weighted by atomic mass is 10.1. The monoisotopic (exact) mass is 327 g/mol. The van der Waals surface area contributed by atoms with Crippen molar-refractivity contribution >= 4 is 22.9 Å². The Morgan fingerprint density at radius 2 is 1.95 bits per heavy atom. The molecule has 3 nitrogen and oxygen atoms in total. The summed E-state index contributed by atoms with van der Waals surface area (Å²) in [4.78, 5) is 4.64. The van der Waals surface area contributed by atoms with E-state index in [1.165, 1.54) is 16.2 Å². The molecule has 1 aliphatic rings. The number of hydrogen-bond acceptors (Lipinski definition) is 4. The first-order chi connectivity index (χ1) is 9.39. The second-order valence-electron chi connectivity index (χ2n) is 4.85. The molecule has 0 saturated carbocycles. The molecule has 1 atom stereocenters. The minimum Gasteiger partial charge on any atom is -0.329 e. The molecule has 1 saturated heterocycles. The predicted molar refractivity (Wildman–Crippen MR) is 75.2 cm³/mol. The van der Waals surface area contributed by atoms with Crippen molar-refractivity contribution in [3.8, 4) is 0 Å². The maximum atomic E-state index is 12.3. The molecule has 20 heavy (non-hydrogen) atoms. The quantitative estimate of drug-likeness (QED) is 0.922. The normalized spacial score (nSPS) is 20.2. The summed E-state index contributed by atoms with van der Waals surface area (Å²) in [6.07, 6.45) is -4.13. The molecular weight excluding hydrogens is 311 g/mol. The third-order valence-corrected chi connectivity index (χ3v) is 4.77. The van der Waals surface area contributed by atoms with Gasteiger partial charge in [0.25, 0.3) is 0 Å². The van der Waals surface area contributed by atoms with E-state index in [9.17, 15) is 13.2 Å². The van der Waals surface area contributed by atoms with Crippen LogP contribution in [0.2, 0.25) is 5.02 Å². The van der Waals surface area contributed by atoms with Crippen LogP contribution in [0.5, 0.6) is 0 Å². The molecule has 0 radical (unpaired) electrons. The highest BCUT2D eigenvalue weighted by Gasteiger charge is 2.33. The van der Waals surface area contributed by atoms with Crippen molar-refractivity contribution < 1.29 is 13.2 Å². The van der Waals surface area contributed by atoms with Gasteiger partial charge in [0.2, 0.25) is 0 Å². The molecule has 0 aromatic carbocycles. The summed E-state index contributed by atoms with van der Waals surface area (Å²) >= 11 is 7.45. The number of thiophene rings is 1. The van der Waals surface area contributed by atoms with Crippen LogP contribution in [-0.2, 0) is 0 Å². The van der Waals surface area contributed by atoms with Gasteiger partial charge in [0, 0.05) is 43.0 Å². The zero-order valence-corrected chi connectivity index (χ0v) is 12.4. The topological polar surface area (TPSA) is 32.5 Å². The van der Waals surface area contributed by atoms with Gasteiger partial charge in [0.1, 0.15) is 0 Å². The zero-order chi connectivity index (χ0) is 14.8. The molecule has 8 heteroatoms. The molecule has 1 aromatic heterocycles. The van der Waals surface area contributed by atoms with Gasteiger partial charge in [-0.15, -0.1) is 11.3 Å². The third-order valence-electron chi connectivity index (χ3n) is 3.39. The van der Waals surface area contributed by atoms with Crippen molar-refractivity contribution in [1.82, 2.24) is 9.80 Å². The Morgan fingerprint density at radius 3 is 2.40 bits per heavy atom. The first-order valence-corrected chi connectivity index (χ1v) is 7.62. The van der Waals surface area contributed by atoms with Crippen molar-refractivity contribution in [3.05, 3.63) is 21.3 Å². The SMILES string of the molecule is NCC(c1cc(Cl)cs1)N1CCN(CC(F)(F)F)CC1. The number of hydrogen-bond donors (Lipinski definition) is 1. The Kier molecular flexibility index (Phi) is 5.30. The molecule has 1 aromatic rings. The van der Waals surface area contributed by atoms with Gasteiger partial charge in [0.05, 0.1) is 17.6 Å². The van der Waals surface area contributed by atoms with E-state index in [0.717, 1.165) is 4.88 Å². The first-order valence-electron chi connectivity index (χ1n) is 6.36. The molecule has 0 amide bonds. The minimum atomic E-state index is -4.13. The van der Waals surface area contributed by atoms with Crippen molar-refractivity contribution in [3.63, 3.8) is 0 Å². The van der Waals surface area contributed by atoms with Crippen LogP contribution in [0.4, 0.5) is 13.2 Å². The van der Waals surface area contributed by atoms with Crippen LogP contribution in [0.15, 0.2) is 11.4 Å². The van der Waals surface area contributed by atoms with Gasteiger partial charge < -0.3 is 5.73 Å². The molecule has 2 rings (SSSR count). The maximum absolute atomic E-state index is 12.3. The number of nitrogens with zero attached hydrogens (tertiary/aromatic N) is 2. The molecule has 0 aliphatic carbocycles. The highest BCUT2D eigenvalue weighted by molar-refractivity contribution is 7.10. The maximum Gasteiger partial charge on any atom is 0.401 e. The molecule has 2 N–H and O–H groups in total. The van der Waals surface area contributed by atoms with Crippen molar-refractivity contribution in [2.45, 2.75) is 12.2 Å². The fourth-order valence-corrected chi connectivity index (χ4v) is 3.66. The van der Waals surface area contributed by atoms with Gasteiger partial charge in [0.15, 0.2) is 0 Å². The van der Waals surface area contributed by atoms with E-state index < -0.39 is 12.7 Å². The summed E-state index contributed by atoms with van der Waals surface area (Å²) in [7, 11) is 0. The highest BCUT2D eigenvalue weighted by Crippen LogP contribution is 2.29. The van der Waals surface area contributed by atoms with Crippen LogP contribution in [0.1, 0.15) is 10.9 Å². The Labute approximate surface area is 125 Å². The summed E-state index contributed by atoms with van der Waals surface area (Å²) in [6, 6.07) is 1.92. The second-order valence-corrected chi connectivity index (χ2v) is 6.23. The number of rotatable bonds is 4. The van der Waals surface area contributed by atoms with Gasteiger partial charge >= 0.3 is 6.18 Å². The summed E-state index contributed by atoms with van der Waals surface area (Å²) in [5, 5.41) is 2.53. The average Bonchev–Trinajstić information content (AvgIpc) is 2.77. The van der Waals surface area contributed by atoms with Gasteiger partial charge in [-0.3, -0.25) is 9.80 Å². The van der Waals surface area contributed by atoms with Gasteiger partial charge in [-0.1, -0.05) is 11.6 Å². The van der Waals surface area contributed by atoms with Crippen LogP contribution in [-0.4, -0.2) is 55.2 Å². The smallest absolute Gasteiger partial charge is 0.329 e. The van der Waals surface area contributed by atoms with Crippen LogP contribution in [0, 0.1) is 0 Å². The second kappa shape index (κ2) is 6.62. The predicted octanol–water partition coefficient (Wildman–Crippen LogP) is 2.58. The molecule has 1 aliphatic heterocycles. The van der Waals surface area contributed by atoms with Gasteiger partial charge in [-0.05, 0) is 6.07 Å². The van der Waals surface area contributed by atoms with Crippen molar-refractivity contribution in [2.75, 3.05) is 39.3 Å². The molecule has 1 unspecified atom stereocenters. The van der Waals surface area contributed by atoms with E-state index in [-0.39, 0.29) is 6.04 Å². The lowest BCUT2D eigenvalue weighted by Crippen LogP contribution is -2.51. The summed E-state index contributed by atoms with van der Waals surface area (Å²) in [6.45, 7) is 1.61. The van der Waals surface area contributed by atoms with Crippen LogP contribution >= 0.6 is 22.9 Å². The van der Waals surface area contributed by atoms with Crippen molar-refractivity contribution in [2.24, 2.45) is 5.73 Å². The van der Waals surface area contributed by atoms with E-state index in [1.807, 2.05) is 11.4 Å². The fourth-order valence-electron chi connectivity index (χ4n) is 2.43. The van der Waals surface area contributed by atoms with Crippen LogP contribution in [0.3, 0.4) is 0 Å².